The third-order valence-electron chi connectivity index (χ3n) is 2.65. The number of fused-ring (bicyclic) bond motifs is 1. The molecule has 2 aromatic heterocycles. The number of carboxylic acid groups (broad SMARTS) is 1. The van der Waals surface area contributed by atoms with Gasteiger partial charge in [0, 0.05) is 5.75 Å². The number of hydrogen-bond acceptors (Lipinski definition) is 8. The van der Waals surface area contributed by atoms with Crippen molar-refractivity contribution in [3.63, 3.8) is 0 Å². The van der Waals surface area contributed by atoms with Crippen LogP contribution in [0.5, 0.6) is 0 Å². The molecule has 2 aromatic rings. The molecule has 0 aromatic carbocycles. The lowest BCUT2D eigenvalue weighted by molar-refractivity contribution is -0.147. The number of thioether (sulfide) groups is 1. The van der Waals surface area contributed by atoms with Gasteiger partial charge in [0.25, 0.3) is 5.56 Å². The fourth-order valence-electron chi connectivity index (χ4n) is 1.86. The molecule has 4 N–H and O–H groups in total. The van der Waals surface area contributed by atoms with Gasteiger partial charge < -0.3 is 15.6 Å². The summed E-state index contributed by atoms with van der Waals surface area (Å²) in [5, 5.41) is 8.88. The Bertz CT molecular complexity index is 809. The number of hydrogen-bond donors (Lipinski definition) is 3. The van der Waals surface area contributed by atoms with Crippen LogP contribution in [0, 0.1) is 0 Å². The third kappa shape index (κ3) is 1.99. The van der Waals surface area contributed by atoms with Gasteiger partial charge in [0.15, 0.2) is 11.9 Å². The molecular formula is C9H8N4O5S2. The maximum Gasteiger partial charge on any atom is 0.343 e. The number of aliphatic carboxylic acids is 1. The van der Waals surface area contributed by atoms with Crippen molar-refractivity contribution in [2.45, 2.75) is 11.7 Å². The molecule has 3 rings (SSSR count). The van der Waals surface area contributed by atoms with Crippen molar-refractivity contribution >= 4 is 45.4 Å². The number of carboxylic acids is 1. The number of nitrogens with two attached hydrogens (primary N) is 1. The zero-order valence-electron chi connectivity index (χ0n) is 9.73. The first kappa shape index (κ1) is 13.1. The molecule has 2 atom stereocenters. The molecule has 9 nitrogen and oxygen atoms in total. The summed E-state index contributed by atoms with van der Waals surface area (Å²) in [6, 6.07) is 0. The van der Waals surface area contributed by atoms with Gasteiger partial charge in [-0.15, -0.1) is 11.8 Å². The number of carbonyl (C=O) groups is 1. The van der Waals surface area contributed by atoms with Gasteiger partial charge in [-0.25, -0.2) is 4.79 Å². The molecule has 106 valence electrons. The molecule has 20 heavy (non-hydrogen) atoms. The summed E-state index contributed by atoms with van der Waals surface area (Å²) in [6.45, 7) is 0. The largest absolute Gasteiger partial charge is 0.479 e. The Morgan fingerprint density at radius 2 is 2.30 bits per heavy atom. The third-order valence-corrected chi connectivity index (χ3v) is 4.69. The van der Waals surface area contributed by atoms with Gasteiger partial charge in [-0.1, -0.05) is 11.3 Å². The van der Waals surface area contributed by atoms with E-state index in [1.54, 1.807) is 0 Å². The highest BCUT2D eigenvalue weighted by Gasteiger charge is 2.34. The summed E-state index contributed by atoms with van der Waals surface area (Å²) in [7, 11) is 0. The number of rotatable bonds is 2. The normalized spacial score (nSPS) is 22.4. The van der Waals surface area contributed by atoms with Crippen molar-refractivity contribution in [1.82, 2.24) is 14.5 Å². The van der Waals surface area contributed by atoms with E-state index in [2.05, 4.69) is 9.97 Å². The van der Waals surface area contributed by atoms with Gasteiger partial charge >= 0.3 is 10.8 Å². The Morgan fingerprint density at radius 1 is 1.55 bits per heavy atom. The average molecular weight is 316 g/mol. The lowest BCUT2D eigenvalue weighted by atomic mass is 10.5. The van der Waals surface area contributed by atoms with Gasteiger partial charge in [0.1, 0.15) is 4.70 Å². The van der Waals surface area contributed by atoms with Gasteiger partial charge in [-0.05, 0) is 0 Å². The van der Waals surface area contributed by atoms with Crippen LogP contribution >= 0.6 is 23.1 Å². The molecule has 0 unspecified atom stereocenters. The highest BCUT2D eigenvalue weighted by Crippen LogP contribution is 2.32. The minimum Gasteiger partial charge on any atom is -0.479 e. The standard InChI is InChI=1S/C9H8N4O5S2/c10-8-11-4-3(5(14)12-8)20-9(17)13(4)2-1-19-7(18-2)6(15)16/h2,7H,1H2,(H,15,16)(H3,10,11,12,14)/t2-,7-/m0/s1. The number of ether oxygens (including phenoxy) is 1. The minimum absolute atomic E-state index is 0.109. The van der Waals surface area contributed by atoms with Crippen LogP contribution in [0.25, 0.3) is 10.3 Å². The second-order valence-corrected chi connectivity index (χ2v) is 5.99. The summed E-state index contributed by atoms with van der Waals surface area (Å²) >= 11 is 1.78. The fourth-order valence-corrected chi connectivity index (χ4v) is 3.63. The van der Waals surface area contributed by atoms with Crippen molar-refractivity contribution in [2.75, 3.05) is 11.5 Å². The van der Waals surface area contributed by atoms with Crippen LogP contribution in [0.2, 0.25) is 0 Å². The summed E-state index contributed by atoms with van der Waals surface area (Å²) in [5.74, 6) is -0.957. The molecule has 1 saturated heterocycles. The van der Waals surface area contributed by atoms with Gasteiger partial charge in [-0.2, -0.15) is 4.98 Å². The van der Waals surface area contributed by atoms with Crippen LogP contribution in [0.1, 0.15) is 6.23 Å². The summed E-state index contributed by atoms with van der Waals surface area (Å²) < 4.78 is 6.58. The van der Waals surface area contributed by atoms with Gasteiger partial charge in [0.2, 0.25) is 11.4 Å². The van der Waals surface area contributed by atoms with E-state index in [0.29, 0.717) is 0 Å². The Morgan fingerprint density at radius 3 is 2.95 bits per heavy atom. The molecule has 0 aliphatic carbocycles. The van der Waals surface area contributed by atoms with Crippen LogP contribution in [0.4, 0.5) is 5.95 Å². The Labute approximate surface area is 118 Å². The lowest BCUT2D eigenvalue weighted by Gasteiger charge is -2.11. The fraction of sp³-hybridized carbons (Fsp3) is 0.333. The molecule has 3 heterocycles. The van der Waals surface area contributed by atoms with Crippen molar-refractivity contribution < 1.29 is 14.6 Å². The molecule has 0 amide bonds. The molecule has 1 aliphatic rings. The van der Waals surface area contributed by atoms with E-state index >= 15 is 0 Å². The van der Waals surface area contributed by atoms with Gasteiger partial charge in [-0.3, -0.25) is 19.1 Å². The van der Waals surface area contributed by atoms with E-state index in [4.69, 9.17) is 15.6 Å². The van der Waals surface area contributed by atoms with E-state index in [1.165, 1.54) is 4.57 Å². The van der Waals surface area contributed by atoms with E-state index in [9.17, 15) is 14.4 Å². The second-order valence-electron chi connectivity index (χ2n) is 3.94. The van der Waals surface area contributed by atoms with E-state index < -0.39 is 28.1 Å². The Kier molecular flexibility index (Phi) is 3.03. The Balaban J connectivity index is 2.13. The number of thiazole rings is 1. The molecule has 0 radical (unpaired) electrons. The molecule has 11 heteroatoms. The highest BCUT2D eigenvalue weighted by molar-refractivity contribution is 8.00. The highest BCUT2D eigenvalue weighted by atomic mass is 32.2. The molecule has 1 fully saturated rings. The molecule has 0 saturated carbocycles. The monoisotopic (exact) mass is 316 g/mol. The SMILES string of the molecule is Nc1nc2c(sc(=O)n2[C@@H]2CS[C@@H](C(=O)O)O2)c(=O)[nH]1. The lowest BCUT2D eigenvalue weighted by Crippen LogP contribution is -2.24. The zero-order chi connectivity index (χ0) is 14.4. The average Bonchev–Trinajstić information content (AvgIpc) is 2.93. The number of anilines is 1. The van der Waals surface area contributed by atoms with Crippen molar-refractivity contribution in [1.29, 1.82) is 0 Å². The smallest absolute Gasteiger partial charge is 0.343 e. The van der Waals surface area contributed by atoms with Crippen LogP contribution in [0.3, 0.4) is 0 Å². The number of H-pyrrole nitrogens is 1. The summed E-state index contributed by atoms with van der Waals surface area (Å²) in [4.78, 5) is 40.3. The number of aromatic amines is 1. The second kappa shape index (κ2) is 4.61. The molecule has 1 aliphatic heterocycles. The number of nitrogen functional groups attached to an aromatic ring is 1. The Hall–Kier alpha value is -1.85. The topological polar surface area (TPSA) is 140 Å². The van der Waals surface area contributed by atoms with Gasteiger partial charge in [0.05, 0.1) is 0 Å². The molecular weight excluding hydrogens is 308 g/mol. The van der Waals surface area contributed by atoms with Crippen LogP contribution in [-0.4, -0.2) is 36.8 Å². The number of nitrogens with one attached hydrogen (secondary N) is 1. The van der Waals surface area contributed by atoms with Crippen molar-refractivity contribution in [3.8, 4) is 0 Å². The molecule has 0 bridgehead atoms. The van der Waals surface area contributed by atoms with E-state index in [0.717, 1.165) is 23.1 Å². The molecule has 0 spiro atoms. The first-order chi connectivity index (χ1) is 9.47. The van der Waals surface area contributed by atoms with E-state index in [1.807, 2.05) is 0 Å². The maximum atomic E-state index is 12.0. The van der Waals surface area contributed by atoms with Crippen LogP contribution in [-0.2, 0) is 9.53 Å². The summed E-state index contributed by atoms with van der Waals surface area (Å²) in [5.41, 5.74) is 4.02. The number of nitrogens with zero attached hydrogens (tertiary/aromatic N) is 2. The first-order valence-corrected chi connectivity index (χ1v) is 7.24. The predicted octanol–water partition coefficient (Wildman–Crippen LogP) is -0.599. The van der Waals surface area contributed by atoms with E-state index in [-0.39, 0.29) is 22.0 Å². The number of aromatic nitrogens is 3. The van der Waals surface area contributed by atoms with Crippen molar-refractivity contribution in [2.24, 2.45) is 0 Å². The maximum absolute atomic E-state index is 12.0. The van der Waals surface area contributed by atoms with Crippen molar-refractivity contribution in [3.05, 3.63) is 20.0 Å². The zero-order valence-corrected chi connectivity index (χ0v) is 11.4. The summed E-state index contributed by atoms with van der Waals surface area (Å²) in [6.07, 6.45) is -0.781. The van der Waals surface area contributed by atoms with Crippen LogP contribution < -0.4 is 16.2 Å². The first-order valence-electron chi connectivity index (χ1n) is 5.38. The quantitative estimate of drug-likeness (QED) is 0.667. The predicted molar refractivity (Wildman–Crippen MR) is 72.9 cm³/mol. The van der Waals surface area contributed by atoms with Crippen LogP contribution in [0.15, 0.2) is 9.59 Å². The minimum atomic E-state index is -1.12.